The van der Waals surface area contributed by atoms with Crippen molar-refractivity contribution in [3.8, 4) is 0 Å². The Hall–Kier alpha value is -1.58. The smallest absolute Gasteiger partial charge is 0.244 e. The van der Waals surface area contributed by atoms with Gasteiger partial charge in [-0.3, -0.25) is 4.79 Å². The van der Waals surface area contributed by atoms with Crippen LogP contribution < -0.4 is 5.32 Å². The van der Waals surface area contributed by atoms with Gasteiger partial charge < -0.3 is 10.1 Å². The zero-order valence-electron chi connectivity index (χ0n) is 11.9. The van der Waals surface area contributed by atoms with Crippen molar-refractivity contribution < 1.29 is 9.53 Å². The van der Waals surface area contributed by atoms with Crippen LogP contribution in [0.2, 0.25) is 5.02 Å². The standard InChI is InChI=1S/C16H20ClNO2/c1-12(2)11-20-9-8-18-16(19)7-6-14-5-4-13(3)15(17)10-14/h4-7,10H,1,8-9,11H2,2-3H3,(H,18,19)/b7-6+. The van der Waals surface area contributed by atoms with Crippen LogP contribution in [-0.4, -0.2) is 25.7 Å². The number of rotatable bonds is 7. The Bertz CT molecular complexity index is 509. The lowest BCUT2D eigenvalue weighted by Gasteiger charge is -2.04. The maximum atomic E-state index is 11.6. The molecular formula is C16H20ClNO2. The summed E-state index contributed by atoms with van der Waals surface area (Å²) in [6.45, 7) is 9.04. The molecule has 1 aromatic rings. The van der Waals surface area contributed by atoms with Crippen LogP contribution in [0.4, 0.5) is 0 Å². The molecule has 0 radical (unpaired) electrons. The molecule has 0 aromatic heterocycles. The van der Waals surface area contributed by atoms with E-state index >= 15 is 0 Å². The Morgan fingerprint density at radius 2 is 2.25 bits per heavy atom. The van der Waals surface area contributed by atoms with Gasteiger partial charge in [-0.2, -0.15) is 0 Å². The van der Waals surface area contributed by atoms with Crippen molar-refractivity contribution in [1.29, 1.82) is 0 Å². The maximum absolute atomic E-state index is 11.6. The third kappa shape index (κ3) is 6.55. The second kappa shape index (κ2) is 8.56. The summed E-state index contributed by atoms with van der Waals surface area (Å²) in [6.07, 6.45) is 3.22. The van der Waals surface area contributed by atoms with Crippen molar-refractivity contribution >= 4 is 23.6 Å². The molecule has 0 unspecified atom stereocenters. The predicted molar refractivity (Wildman–Crippen MR) is 83.9 cm³/mol. The number of halogens is 1. The van der Waals surface area contributed by atoms with Crippen LogP contribution in [0.5, 0.6) is 0 Å². The highest BCUT2D eigenvalue weighted by Gasteiger charge is 1.97. The molecule has 0 aliphatic rings. The summed E-state index contributed by atoms with van der Waals surface area (Å²) in [7, 11) is 0. The Kier molecular flexibility index (Phi) is 7.05. The molecule has 20 heavy (non-hydrogen) atoms. The van der Waals surface area contributed by atoms with Crippen LogP contribution in [0.25, 0.3) is 6.08 Å². The topological polar surface area (TPSA) is 38.3 Å². The zero-order valence-corrected chi connectivity index (χ0v) is 12.7. The highest BCUT2D eigenvalue weighted by atomic mass is 35.5. The summed E-state index contributed by atoms with van der Waals surface area (Å²) in [5.41, 5.74) is 2.88. The first-order chi connectivity index (χ1) is 9.49. The molecule has 0 heterocycles. The van der Waals surface area contributed by atoms with Gasteiger partial charge in [0.15, 0.2) is 0 Å². The van der Waals surface area contributed by atoms with Gasteiger partial charge in [0.2, 0.25) is 5.91 Å². The van der Waals surface area contributed by atoms with E-state index in [0.29, 0.717) is 24.8 Å². The van der Waals surface area contributed by atoms with E-state index in [1.54, 1.807) is 6.08 Å². The van der Waals surface area contributed by atoms with Gasteiger partial charge in [-0.15, -0.1) is 0 Å². The van der Waals surface area contributed by atoms with E-state index in [4.69, 9.17) is 16.3 Å². The average molecular weight is 294 g/mol. The van der Waals surface area contributed by atoms with Gasteiger partial charge in [0.25, 0.3) is 0 Å². The second-order valence-corrected chi connectivity index (χ2v) is 5.05. The van der Waals surface area contributed by atoms with E-state index < -0.39 is 0 Å². The number of benzene rings is 1. The monoisotopic (exact) mass is 293 g/mol. The fourth-order valence-electron chi connectivity index (χ4n) is 1.44. The normalized spacial score (nSPS) is 10.8. The minimum Gasteiger partial charge on any atom is -0.375 e. The number of carbonyl (C=O) groups is 1. The number of hydrogen-bond donors (Lipinski definition) is 1. The Morgan fingerprint density at radius 3 is 2.90 bits per heavy atom. The number of hydrogen-bond acceptors (Lipinski definition) is 2. The molecule has 0 aliphatic carbocycles. The molecule has 1 amide bonds. The molecule has 1 N–H and O–H groups in total. The SMILES string of the molecule is C=C(C)COCCNC(=O)/C=C/c1ccc(C)c(Cl)c1. The van der Waals surface area contributed by atoms with Gasteiger partial charge >= 0.3 is 0 Å². The summed E-state index contributed by atoms with van der Waals surface area (Å²) < 4.78 is 5.28. The lowest BCUT2D eigenvalue weighted by molar-refractivity contribution is -0.116. The number of carbonyl (C=O) groups excluding carboxylic acids is 1. The van der Waals surface area contributed by atoms with Crippen molar-refractivity contribution in [1.82, 2.24) is 5.32 Å². The van der Waals surface area contributed by atoms with Gasteiger partial charge in [-0.05, 0) is 37.1 Å². The van der Waals surface area contributed by atoms with E-state index in [9.17, 15) is 4.79 Å². The van der Waals surface area contributed by atoms with Crippen molar-refractivity contribution in [2.75, 3.05) is 19.8 Å². The van der Waals surface area contributed by atoms with Crippen LogP contribution in [0, 0.1) is 6.92 Å². The highest BCUT2D eigenvalue weighted by Crippen LogP contribution is 2.17. The molecule has 1 rings (SSSR count). The van der Waals surface area contributed by atoms with E-state index in [1.807, 2.05) is 32.0 Å². The largest absolute Gasteiger partial charge is 0.375 e. The van der Waals surface area contributed by atoms with Gasteiger partial charge in [-0.25, -0.2) is 0 Å². The number of ether oxygens (including phenoxy) is 1. The molecule has 0 aliphatic heterocycles. The number of nitrogens with one attached hydrogen (secondary N) is 1. The Morgan fingerprint density at radius 1 is 1.50 bits per heavy atom. The first-order valence-electron chi connectivity index (χ1n) is 6.43. The number of aryl methyl sites for hydroxylation is 1. The molecule has 4 heteroatoms. The molecular weight excluding hydrogens is 274 g/mol. The summed E-state index contributed by atoms with van der Waals surface area (Å²) in [6, 6.07) is 5.67. The van der Waals surface area contributed by atoms with Crippen LogP contribution in [0.3, 0.4) is 0 Å². The summed E-state index contributed by atoms with van der Waals surface area (Å²) in [5.74, 6) is -0.152. The van der Waals surface area contributed by atoms with E-state index in [2.05, 4.69) is 11.9 Å². The molecule has 0 atom stereocenters. The summed E-state index contributed by atoms with van der Waals surface area (Å²) >= 11 is 6.01. The van der Waals surface area contributed by atoms with Crippen molar-refractivity contribution in [3.63, 3.8) is 0 Å². The van der Waals surface area contributed by atoms with Gasteiger partial charge in [0.1, 0.15) is 0 Å². The lowest BCUT2D eigenvalue weighted by atomic mass is 10.1. The quantitative estimate of drug-likeness (QED) is 0.475. The first-order valence-corrected chi connectivity index (χ1v) is 6.81. The first kappa shape index (κ1) is 16.5. The lowest BCUT2D eigenvalue weighted by Crippen LogP contribution is -2.25. The fraction of sp³-hybridized carbons (Fsp3) is 0.312. The van der Waals surface area contributed by atoms with E-state index in [0.717, 1.165) is 16.7 Å². The van der Waals surface area contributed by atoms with Crippen LogP contribution in [0.15, 0.2) is 36.4 Å². The highest BCUT2D eigenvalue weighted by molar-refractivity contribution is 6.31. The Labute approximate surface area is 125 Å². The van der Waals surface area contributed by atoms with Crippen molar-refractivity contribution in [3.05, 3.63) is 52.6 Å². The third-order valence-corrected chi connectivity index (χ3v) is 2.92. The second-order valence-electron chi connectivity index (χ2n) is 4.64. The third-order valence-electron chi connectivity index (χ3n) is 2.52. The molecule has 108 valence electrons. The van der Waals surface area contributed by atoms with Crippen LogP contribution in [-0.2, 0) is 9.53 Å². The van der Waals surface area contributed by atoms with Gasteiger partial charge in [0.05, 0.1) is 13.2 Å². The maximum Gasteiger partial charge on any atom is 0.244 e. The van der Waals surface area contributed by atoms with Crippen molar-refractivity contribution in [2.45, 2.75) is 13.8 Å². The molecule has 0 spiro atoms. The minimum absolute atomic E-state index is 0.152. The molecule has 0 fully saturated rings. The molecule has 0 bridgehead atoms. The fourth-order valence-corrected chi connectivity index (χ4v) is 1.63. The summed E-state index contributed by atoms with van der Waals surface area (Å²) in [5, 5.41) is 3.43. The van der Waals surface area contributed by atoms with Crippen LogP contribution in [0.1, 0.15) is 18.1 Å². The van der Waals surface area contributed by atoms with Crippen molar-refractivity contribution in [2.24, 2.45) is 0 Å². The minimum atomic E-state index is -0.152. The van der Waals surface area contributed by atoms with Gasteiger partial charge in [-0.1, -0.05) is 35.9 Å². The Balaban J connectivity index is 2.32. The summed E-state index contributed by atoms with van der Waals surface area (Å²) in [4.78, 5) is 11.6. The van der Waals surface area contributed by atoms with Gasteiger partial charge in [0, 0.05) is 17.6 Å². The molecule has 0 saturated heterocycles. The number of amides is 1. The van der Waals surface area contributed by atoms with E-state index in [1.165, 1.54) is 6.08 Å². The molecule has 1 aromatic carbocycles. The molecule has 3 nitrogen and oxygen atoms in total. The molecule has 0 saturated carbocycles. The zero-order chi connectivity index (χ0) is 15.0. The predicted octanol–water partition coefficient (Wildman–Crippen LogP) is 3.37. The van der Waals surface area contributed by atoms with Crippen LogP contribution >= 0.6 is 11.6 Å². The van der Waals surface area contributed by atoms with E-state index in [-0.39, 0.29) is 5.91 Å². The average Bonchev–Trinajstić information content (AvgIpc) is 2.39.